The van der Waals surface area contributed by atoms with Gasteiger partial charge in [0.1, 0.15) is 5.82 Å². The van der Waals surface area contributed by atoms with E-state index in [1.807, 2.05) is 12.1 Å². The summed E-state index contributed by atoms with van der Waals surface area (Å²) in [5, 5.41) is 3.13. The van der Waals surface area contributed by atoms with Gasteiger partial charge in [-0.05, 0) is 36.6 Å². The molecule has 0 saturated heterocycles. The van der Waals surface area contributed by atoms with Crippen molar-refractivity contribution >= 4 is 0 Å². The minimum Gasteiger partial charge on any atom is -0.386 e. The van der Waals surface area contributed by atoms with Crippen LogP contribution in [-0.2, 0) is 6.42 Å². The topological polar surface area (TPSA) is 38.0 Å². The summed E-state index contributed by atoms with van der Waals surface area (Å²) in [4.78, 5) is 0. The predicted octanol–water partition coefficient (Wildman–Crippen LogP) is 2.17. The molecule has 1 aromatic carbocycles. The van der Waals surface area contributed by atoms with Gasteiger partial charge in [0.2, 0.25) is 0 Å². The van der Waals surface area contributed by atoms with Crippen LogP contribution in [0.3, 0.4) is 0 Å². The highest BCUT2D eigenvalue weighted by atomic mass is 19.1. The summed E-state index contributed by atoms with van der Waals surface area (Å²) in [6, 6.07) is 6.70. The van der Waals surface area contributed by atoms with Crippen LogP contribution in [-0.4, -0.2) is 6.54 Å². The first-order chi connectivity index (χ1) is 7.57. The smallest absolute Gasteiger partial charge is 0.123 e. The SMILES string of the molecule is C[C@]1(CCc2ccc(F)cc2)C=C(N)NC1. The van der Waals surface area contributed by atoms with E-state index in [-0.39, 0.29) is 11.2 Å². The summed E-state index contributed by atoms with van der Waals surface area (Å²) in [5.74, 6) is 0.586. The lowest BCUT2D eigenvalue weighted by molar-refractivity contribution is 0.407. The molecule has 2 nitrogen and oxygen atoms in total. The molecule has 1 aromatic rings. The van der Waals surface area contributed by atoms with Crippen LogP contribution in [0.2, 0.25) is 0 Å². The standard InChI is InChI=1S/C13H17FN2/c1-13(8-12(15)16-9-13)7-6-10-2-4-11(14)5-3-10/h2-5,8,16H,6-7,9,15H2,1H3/t13-/m0/s1. The van der Waals surface area contributed by atoms with E-state index in [2.05, 4.69) is 18.3 Å². The van der Waals surface area contributed by atoms with E-state index < -0.39 is 0 Å². The monoisotopic (exact) mass is 220 g/mol. The number of nitrogens with one attached hydrogen (secondary N) is 1. The van der Waals surface area contributed by atoms with Crippen molar-refractivity contribution in [2.45, 2.75) is 19.8 Å². The Morgan fingerprint density at radius 1 is 1.38 bits per heavy atom. The Morgan fingerprint density at radius 3 is 2.62 bits per heavy atom. The lowest BCUT2D eigenvalue weighted by Gasteiger charge is -2.20. The third kappa shape index (κ3) is 2.54. The molecule has 0 aromatic heterocycles. The van der Waals surface area contributed by atoms with Gasteiger partial charge in [0.15, 0.2) is 0 Å². The lowest BCUT2D eigenvalue weighted by Crippen LogP contribution is -2.23. The molecule has 0 saturated carbocycles. The fourth-order valence-electron chi connectivity index (χ4n) is 2.02. The Labute approximate surface area is 95.3 Å². The number of nitrogens with two attached hydrogens (primary N) is 1. The molecular formula is C13H17FN2. The first kappa shape index (κ1) is 11.0. The molecule has 1 atom stereocenters. The van der Waals surface area contributed by atoms with Crippen LogP contribution in [0.25, 0.3) is 0 Å². The van der Waals surface area contributed by atoms with Gasteiger partial charge < -0.3 is 11.1 Å². The van der Waals surface area contributed by atoms with Gasteiger partial charge in [0, 0.05) is 12.0 Å². The van der Waals surface area contributed by atoms with Gasteiger partial charge in [0.05, 0.1) is 5.82 Å². The van der Waals surface area contributed by atoms with E-state index >= 15 is 0 Å². The first-order valence-electron chi connectivity index (χ1n) is 5.54. The van der Waals surface area contributed by atoms with Gasteiger partial charge in [-0.1, -0.05) is 19.1 Å². The van der Waals surface area contributed by atoms with Crippen molar-refractivity contribution in [1.82, 2.24) is 5.32 Å². The zero-order valence-corrected chi connectivity index (χ0v) is 9.46. The van der Waals surface area contributed by atoms with E-state index in [1.54, 1.807) is 0 Å². The zero-order chi connectivity index (χ0) is 11.6. The van der Waals surface area contributed by atoms with Crippen molar-refractivity contribution in [2.24, 2.45) is 11.1 Å². The molecule has 1 heterocycles. The first-order valence-corrected chi connectivity index (χ1v) is 5.54. The van der Waals surface area contributed by atoms with E-state index in [4.69, 9.17) is 5.73 Å². The van der Waals surface area contributed by atoms with Crippen LogP contribution in [0.5, 0.6) is 0 Å². The maximum atomic E-state index is 12.7. The normalized spacial score (nSPS) is 24.0. The van der Waals surface area contributed by atoms with E-state index in [0.717, 1.165) is 25.2 Å². The van der Waals surface area contributed by atoms with Gasteiger partial charge >= 0.3 is 0 Å². The summed E-state index contributed by atoms with van der Waals surface area (Å²) in [7, 11) is 0. The van der Waals surface area contributed by atoms with Gasteiger partial charge in [0.25, 0.3) is 0 Å². The second kappa shape index (κ2) is 4.16. The molecule has 0 spiro atoms. The third-order valence-electron chi connectivity index (χ3n) is 3.10. The molecule has 1 aliphatic heterocycles. The maximum absolute atomic E-state index is 12.7. The highest BCUT2D eigenvalue weighted by Gasteiger charge is 2.26. The molecule has 86 valence electrons. The molecule has 0 fully saturated rings. The Kier molecular flexibility index (Phi) is 2.86. The van der Waals surface area contributed by atoms with Gasteiger partial charge in [-0.15, -0.1) is 0 Å². The number of aryl methyl sites for hydroxylation is 1. The van der Waals surface area contributed by atoms with E-state index in [1.165, 1.54) is 17.7 Å². The number of hydrogen-bond donors (Lipinski definition) is 2. The van der Waals surface area contributed by atoms with Gasteiger partial charge in [-0.3, -0.25) is 0 Å². The maximum Gasteiger partial charge on any atom is 0.123 e. The average molecular weight is 220 g/mol. The van der Waals surface area contributed by atoms with Gasteiger partial charge in [-0.2, -0.15) is 0 Å². The summed E-state index contributed by atoms with van der Waals surface area (Å²) in [6.07, 6.45) is 4.05. The second-order valence-electron chi connectivity index (χ2n) is 4.73. The molecule has 0 amide bonds. The van der Waals surface area contributed by atoms with Crippen molar-refractivity contribution < 1.29 is 4.39 Å². The van der Waals surface area contributed by atoms with Crippen LogP contribution < -0.4 is 11.1 Å². The summed E-state index contributed by atoms with van der Waals surface area (Å²) in [6.45, 7) is 3.07. The quantitative estimate of drug-likeness (QED) is 0.819. The zero-order valence-electron chi connectivity index (χ0n) is 9.46. The molecule has 16 heavy (non-hydrogen) atoms. The largest absolute Gasteiger partial charge is 0.386 e. The van der Waals surface area contributed by atoms with E-state index in [0.29, 0.717) is 0 Å². The van der Waals surface area contributed by atoms with Crippen LogP contribution in [0.4, 0.5) is 4.39 Å². The van der Waals surface area contributed by atoms with Crippen LogP contribution >= 0.6 is 0 Å². The Hall–Kier alpha value is -1.51. The third-order valence-corrected chi connectivity index (χ3v) is 3.10. The van der Waals surface area contributed by atoms with Crippen molar-refractivity contribution in [2.75, 3.05) is 6.54 Å². The predicted molar refractivity (Wildman–Crippen MR) is 63.1 cm³/mol. The molecular weight excluding hydrogens is 203 g/mol. The Morgan fingerprint density at radius 2 is 2.06 bits per heavy atom. The van der Waals surface area contributed by atoms with E-state index in [9.17, 15) is 4.39 Å². The minimum absolute atomic E-state index is 0.123. The average Bonchev–Trinajstić information content (AvgIpc) is 2.59. The summed E-state index contributed by atoms with van der Waals surface area (Å²) in [5.41, 5.74) is 6.99. The van der Waals surface area contributed by atoms with Crippen LogP contribution in [0.15, 0.2) is 36.2 Å². The molecule has 1 aliphatic rings. The highest BCUT2D eigenvalue weighted by molar-refractivity contribution is 5.18. The van der Waals surface area contributed by atoms with Crippen LogP contribution in [0.1, 0.15) is 18.9 Å². The number of rotatable bonds is 3. The van der Waals surface area contributed by atoms with Gasteiger partial charge in [-0.25, -0.2) is 4.39 Å². The van der Waals surface area contributed by atoms with Crippen molar-refractivity contribution in [1.29, 1.82) is 0 Å². The summed E-state index contributed by atoms with van der Waals surface area (Å²) >= 11 is 0. The fraction of sp³-hybridized carbons (Fsp3) is 0.385. The minimum atomic E-state index is -0.179. The lowest BCUT2D eigenvalue weighted by atomic mass is 9.85. The number of hydrogen-bond acceptors (Lipinski definition) is 2. The second-order valence-corrected chi connectivity index (χ2v) is 4.73. The van der Waals surface area contributed by atoms with Crippen molar-refractivity contribution in [3.63, 3.8) is 0 Å². The highest BCUT2D eigenvalue weighted by Crippen LogP contribution is 2.28. The number of halogens is 1. The molecule has 3 N–H and O–H groups in total. The molecule has 0 radical (unpaired) electrons. The molecule has 0 bridgehead atoms. The molecule has 0 aliphatic carbocycles. The fourth-order valence-corrected chi connectivity index (χ4v) is 2.02. The van der Waals surface area contributed by atoms with Crippen molar-refractivity contribution in [3.8, 4) is 0 Å². The Balaban J connectivity index is 1.95. The molecule has 0 unspecified atom stereocenters. The summed E-state index contributed by atoms with van der Waals surface area (Å²) < 4.78 is 12.7. The number of benzene rings is 1. The molecule has 3 heteroatoms. The molecule has 2 rings (SSSR count). The van der Waals surface area contributed by atoms with Crippen LogP contribution in [0, 0.1) is 11.2 Å². The van der Waals surface area contributed by atoms with Crippen molar-refractivity contribution in [3.05, 3.63) is 47.5 Å². The Bertz CT molecular complexity index is 397.